The van der Waals surface area contributed by atoms with Crippen LogP contribution in [0.15, 0.2) is 66.7 Å². The van der Waals surface area contributed by atoms with Crippen LogP contribution in [0.5, 0.6) is 0 Å². The van der Waals surface area contributed by atoms with Crippen molar-refractivity contribution >= 4 is 101 Å². The van der Waals surface area contributed by atoms with Crippen molar-refractivity contribution in [3.8, 4) is 11.3 Å². The highest BCUT2D eigenvalue weighted by atomic mass is 79.9. The second kappa shape index (κ2) is 12.1. The van der Waals surface area contributed by atoms with Crippen molar-refractivity contribution < 1.29 is 28.8 Å². The van der Waals surface area contributed by atoms with Gasteiger partial charge >= 0.3 is 5.97 Å². The van der Waals surface area contributed by atoms with E-state index in [0.29, 0.717) is 32.9 Å². The fraction of sp³-hybridized carbons (Fsp3) is 0.242. The molecule has 3 fully saturated rings. The second-order valence-electron chi connectivity index (χ2n) is 11.7. The van der Waals surface area contributed by atoms with Crippen molar-refractivity contribution in [3.63, 3.8) is 0 Å². The van der Waals surface area contributed by atoms with Gasteiger partial charge in [0, 0.05) is 37.3 Å². The van der Waals surface area contributed by atoms with Crippen molar-refractivity contribution in [2.75, 3.05) is 11.5 Å². The summed E-state index contributed by atoms with van der Waals surface area (Å²) in [5.74, 6) is -2.34. The van der Waals surface area contributed by atoms with Crippen LogP contribution >= 0.6 is 55.1 Å². The minimum atomic E-state index is -0.834. The van der Waals surface area contributed by atoms with Gasteiger partial charge in [-0.25, -0.2) is 9.78 Å². The molecular formula is C33H21Br2Cl2N3O7. The number of alkyl halides is 2. The molecule has 1 aromatic heterocycles. The molecule has 238 valence electrons. The lowest BCUT2D eigenvalue weighted by Gasteiger charge is -2.28. The highest BCUT2D eigenvalue weighted by Crippen LogP contribution is 2.60. The van der Waals surface area contributed by atoms with Crippen LogP contribution in [-0.4, -0.2) is 49.7 Å². The van der Waals surface area contributed by atoms with Crippen LogP contribution < -0.4 is 4.90 Å². The number of imide groups is 1. The SMILES string of the molecule is O=C(COC(=O)c1cc(-c2ccc(N3C(=O)C4C5CC(C(Br)C5Br)C4C3=O)cc2)nc2ccc(Cl)cc12)c1ccc(Cl)c([N+](=O)[O-])c1. The molecule has 0 radical (unpaired) electrons. The molecule has 0 N–H and O–H groups in total. The topological polar surface area (TPSA) is 137 Å². The Morgan fingerprint density at radius 2 is 1.60 bits per heavy atom. The zero-order chi connectivity index (χ0) is 33.3. The first-order valence-electron chi connectivity index (χ1n) is 14.5. The summed E-state index contributed by atoms with van der Waals surface area (Å²) in [6, 6.07) is 16.7. The number of carbonyl (C=O) groups is 4. The molecule has 2 amide bonds. The number of esters is 1. The number of nitrogens with zero attached hydrogens (tertiary/aromatic N) is 3. The lowest BCUT2D eigenvalue weighted by molar-refractivity contribution is -0.384. The van der Waals surface area contributed by atoms with E-state index in [1.165, 1.54) is 23.1 Å². The van der Waals surface area contributed by atoms with Gasteiger partial charge in [-0.1, -0.05) is 67.2 Å². The predicted molar refractivity (Wildman–Crippen MR) is 181 cm³/mol. The van der Waals surface area contributed by atoms with Crippen molar-refractivity contribution in [2.24, 2.45) is 23.7 Å². The van der Waals surface area contributed by atoms with Gasteiger partial charge in [-0.3, -0.25) is 29.4 Å². The van der Waals surface area contributed by atoms with Crippen molar-refractivity contribution in [3.05, 3.63) is 98.0 Å². The number of halogens is 4. The fourth-order valence-corrected chi connectivity index (χ4v) is 9.25. The van der Waals surface area contributed by atoms with Gasteiger partial charge in [0.2, 0.25) is 17.6 Å². The molecule has 2 bridgehead atoms. The molecule has 6 unspecified atom stereocenters. The average molecular weight is 802 g/mol. The average Bonchev–Trinajstić information content (AvgIpc) is 3.67. The Morgan fingerprint density at radius 1 is 0.936 bits per heavy atom. The third kappa shape index (κ3) is 5.35. The molecule has 2 heterocycles. The first kappa shape index (κ1) is 31.9. The maximum Gasteiger partial charge on any atom is 0.339 e. The zero-order valence-electron chi connectivity index (χ0n) is 23.9. The van der Waals surface area contributed by atoms with E-state index >= 15 is 0 Å². The number of benzene rings is 3. The van der Waals surface area contributed by atoms with Gasteiger partial charge in [0.15, 0.2) is 6.61 Å². The van der Waals surface area contributed by atoms with E-state index in [9.17, 15) is 29.3 Å². The predicted octanol–water partition coefficient (Wildman–Crippen LogP) is 7.44. The number of nitro benzene ring substituents is 1. The van der Waals surface area contributed by atoms with Crippen LogP contribution in [0.4, 0.5) is 11.4 Å². The molecule has 14 heteroatoms. The molecule has 2 aliphatic carbocycles. The summed E-state index contributed by atoms with van der Waals surface area (Å²) >= 11 is 19.5. The van der Waals surface area contributed by atoms with Crippen molar-refractivity contribution in [2.45, 2.75) is 16.1 Å². The van der Waals surface area contributed by atoms with Gasteiger partial charge < -0.3 is 4.74 Å². The van der Waals surface area contributed by atoms with Gasteiger partial charge in [-0.15, -0.1) is 0 Å². The largest absolute Gasteiger partial charge is 0.454 e. The van der Waals surface area contributed by atoms with Gasteiger partial charge in [0.05, 0.1) is 39.2 Å². The number of Topliss-reactive ketones (excluding diaryl/α,β-unsaturated/α-hetero) is 1. The molecular weight excluding hydrogens is 781 g/mol. The van der Waals surface area contributed by atoms with Crippen molar-refractivity contribution in [1.82, 2.24) is 4.98 Å². The van der Waals surface area contributed by atoms with Gasteiger partial charge in [-0.05, 0) is 66.8 Å². The highest BCUT2D eigenvalue weighted by Gasteiger charge is 2.66. The van der Waals surface area contributed by atoms with Gasteiger partial charge in [0.25, 0.3) is 5.69 Å². The number of hydrogen-bond donors (Lipinski definition) is 0. The van der Waals surface area contributed by atoms with Crippen LogP contribution in [0.25, 0.3) is 22.2 Å². The molecule has 6 atom stereocenters. The van der Waals surface area contributed by atoms with Gasteiger partial charge in [0.1, 0.15) is 5.02 Å². The molecule has 0 spiro atoms. The maximum atomic E-state index is 13.5. The first-order chi connectivity index (χ1) is 22.4. The Labute approximate surface area is 293 Å². The number of amides is 2. The fourth-order valence-electron chi connectivity index (χ4n) is 7.02. The highest BCUT2D eigenvalue weighted by molar-refractivity contribution is 9.12. The molecule has 1 saturated heterocycles. The summed E-state index contributed by atoms with van der Waals surface area (Å²) in [5.41, 5.74) is 1.51. The molecule has 10 nitrogen and oxygen atoms in total. The number of aromatic nitrogens is 1. The Kier molecular flexibility index (Phi) is 8.18. The van der Waals surface area contributed by atoms with E-state index in [2.05, 4.69) is 36.8 Å². The molecule has 2 saturated carbocycles. The number of anilines is 1. The molecule has 3 aromatic carbocycles. The number of pyridine rings is 1. The quantitative estimate of drug-likeness (QED) is 0.0470. The third-order valence-corrected chi connectivity index (χ3v) is 13.0. The number of hydrogen-bond acceptors (Lipinski definition) is 8. The van der Waals surface area contributed by atoms with Crippen molar-refractivity contribution in [1.29, 1.82) is 0 Å². The molecule has 3 aliphatic rings. The second-order valence-corrected chi connectivity index (χ2v) is 14.7. The van der Waals surface area contributed by atoms with Crippen LogP contribution in [0, 0.1) is 33.8 Å². The van der Waals surface area contributed by atoms with Crippen LogP contribution in [0.3, 0.4) is 0 Å². The first-order valence-corrected chi connectivity index (χ1v) is 17.0. The summed E-state index contributed by atoms with van der Waals surface area (Å²) < 4.78 is 5.35. The number of carbonyl (C=O) groups excluding carboxylic acids is 4. The van der Waals surface area contributed by atoms with E-state index < -0.39 is 29.0 Å². The lowest BCUT2D eigenvalue weighted by atomic mass is 9.81. The summed E-state index contributed by atoms with van der Waals surface area (Å²) in [7, 11) is 0. The number of rotatable bonds is 7. The smallest absolute Gasteiger partial charge is 0.339 e. The monoisotopic (exact) mass is 799 g/mol. The summed E-state index contributed by atoms with van der Waals surface area (Å²) in [6.07, 6.45) is 0.840. The van der Waals surface area contributed by atoms with Crippen LogP contribution in [0.1, 0.15) is 27.1 Å². The Morgan fingerprint density at radius 3 is 2.23 bits per heavy atom. The Bertz CT molecular complexity index is 2010. The minimum Gasteiger partial charge on any atom is -0.454 e. The van der Waals surface area contributed by atoms with Gasteiger partial charge in [-0.2, -0.15) is 0 Å². The van der Waals surface area contributed by atoms with E-state index in [1.807, 2.05) is 0 Å². The Hall–Kier alpha value is -3.71. The maximum absolute atomic E-state index is 13.5. The van der Waals surface area contributed by atoms with E-state index in [0.717, 1.165) is 12.5 Å². The number of nitro groups is 1. The molecule has 4 aromatic rings. The third-order valence-electron chi connectivity index (χ3n) is 9.20. The summed E-state index contributed by atoms with van der Waals surface area (Å²) in [4.78, 5) is 69.9. The van der Waals surface area contributed by atoms with E-state index in [4.69, 9.17) is 27.9 Å². The van der Waals surface area contributed by atoms with E-state index in [1.54, 1.807) is 42.5 Å². The number of fused-ring (bicyclic) bond motifs is 6. The molecule has 7 rings (SSSR count). The lowest BCUT2D eigenvalue weighted by Crippen LogP contribution is -2.37. The van der Waals surface area contributed by atoms with E-state index in [-0.39, 0.29) is 61.3 Å². The van der Waals surface area contributed by atoms with Crippen LogP contribution in [-0.2, 0) is 14.3 Å². The van der Waals surface area contributed by atoms with Crippen LogP contribution in [0.2, 0.25) is 10.0 Å². The molecule has 47 heavy (non-hydrogen) atoms. The number of ether oxygens (including phenoxy) is 1. The summed E-state index contributed by atoms with van der Waals surface area (Å²) in [5, 5.41) is 11.8. The number of ketones is 1. The standard InChI is InChI=1S/C33H21Br2Cl2N3O7/c34-29-20-11-21(30(29)35)28-27(20)31(42)39(32(28)43)17-5-1-14(2-6-17)24-12-19(18-10-16(36)4-8-23(18)38-24)33(44)47-13-26(41)15-3-7-22(37)25(9-15)40(45)46/h1-10,12,20-21,27-30H,11,13H2. The summed E-state index contributed by atoms with van der Waals surface area (Å²) in [6.45, 7) is -0.681. The zero-order valence-corrected chi connectivity index (χ0v) is 28.6. The minimum absolute atomic E-state index is 0.0393. The molecule has 1 aliphatic heterocycles. The normalized spacial score (nSPS) is 24.6. The Balaban J connectivity index is 1.15.